The summed E-state index contributed by atoms with van der Waals surface area (Å²) >= 11 is 16.8. The summed E-state index contributed by atoms with van der Waals surface area (Å²) in [6, 6.07) is 7.80. The predicted molar refractivity (Wildman–Crippen MR) is 89.4 cm³/mol. The van der Waals surface area contributed by atoms with Crippen molar-refractivity contribution in [2.45, 2.75) is 0 Å². The Labute approximate surface area is 140 Å². The average molecular weight is 360 g/mol. The zero-order valence-electron chi connectivity index (χ0n) is 10.8. The van der Waals surface area contributed by atoms with Crippen molar-refractivity contribution >= 4 is 57.6 Å². The predicted octanol–water partition coefficient (Wildman–Crippen LogP) is 4.85. The van der Waals surface area contributed by atoms with Gasteiger partial charge >= 0.3 is 0 Å². The van der Waals surface area contributed by atoms with E-state index in [4.69, 9.17) is 35.4 Å². The molecule has 0 aromatic heterocycles. The molecule has 0 aliphatic heterocycles. The molecule has 0 fully saturated rings. The lowest BCUT2D eigenvalue weighted by molar-refractivity contribution is -0.384. The molecular formula is C13H8Cl2FN3O2S. The molecule has 2 rings (SSSR count). The van der Waals surface area contributed by atoms with E-state index in [1.54, 1.807) is 18.2 Å². The third kappa shape index (κ3) is 4.03. The third-order valence-corrected chi connectivity index (χ3v) is 3.35. The zero-order chi connectivity index (χ0) is 16.3. The fourth-order valence-electron chi connectivity index (χ4n) is 1.59. The number of hydrogen-bond acceptors (Lipinski definition) is 3. The lowest BCUT2D eigenvalue weighted by atomic mass is 10.2. The quantitative estimate of drug-likeness (QED) is 0.465. The van der Waals surface area contributed by atoms with Crippen LogP contribution in [0, 0.1) is 15.9 Å². The molecule has 114 valence electrons. The van der Waals surface area contributed by atoms with Crippen LogP contribution in [0.4, 0.5) is 21.5 Å². The summed E-state index contributed by atoms with van der Waals surface area (Å²) in [4.78, 5) is 10.1. The van der Waals surface area contributed by atoms with Crippen molar-refractivity contribution in [1.82, 2.24) is 0 Å². The van der Waals surface area contributed by atoms with E-state index in [2.05, 4.69) is 10.6 Å². The second-order valence-corrected chi connectivity index (χ2v) is 5.38. The molecule has 22 heavy (non-hydrogen) atoms. The first-order valence-electron chi connectivity index (χ1n) is 5.84. The molecule has 0 heterocycles. The number of nitro benzene ring substituents is 1. The molecule has 0 aliphatic rings. The molecule has 0 spiro atoms. The second kappa shape index (κ2) is 6.87. The fourth-order valence-corrected chi connectivity index (χ4v) is 2.15. The van der Waals surface area contributed by atoms with E-state index < -0.39 is 10.7 Å². The SMILES string of the molecule is O=[N+]([O-])c1ccc(F)c(NC(=S)Nc2cc(Cl)ccc2Cl)c1. The number of thiocarbonyl (C=S) groups is 1. The highest BCUT2D eigenvalue weighted by molar-refractivity contribution is 7.80. The van der Waals surface area contributed by atoms with E-state index in [1.165, 1.54) is 0 Å². The molecule has 0 radical (unpaired) electrons. The van der Waals surface area contributed by atoms with Crippen LogP contribution in [-0.2, 0) is 0 Å². The first kappa shape index (κ1) is 16.4. The molecule has 2 N–H and O–H groups in total. The number of non-ortho nitro benzene ring substituents is 1. The zero-order valence-corrected chi connectivity index (χ0v) is 13.1. The summed E-state index contributed by atoms with van der Waals surface area (Å²) in [6.45, 7) is 0. The molecule has 0 bridgehead atoms. The van der Waals surface area contributed by atoms with Crippen LogP contribution in [0.15, 0.2) is 36.4 Å². The van der Waals surface area contributed by atoms with E-state index in [0.29, 0.717) is 15.7 Å². The molecule has 0 atom stereocenters. The summed E-state index contributed by atoms with van der Waals surface area (Å²) in [6.07, 6.45) is 0. The van der Waals surface area contributed by atoms with Gasteiger partial charge in [-0.2, -0.15) is 0 Å². The van der Waals surface area contributed by atoms with Gasteiger partial charge in [0, 0.05) is 17.2 Å². The fraction of sp³-hybridized carbons (Fsp3) is 0. The molecule has 0 amide bonds. The van der Waals surface area contributed by atoms with Crippen LogP contribution in [0.3, 0.4) is 0 Å². The van der Waals surface area contributed by atoms with Gasteiger partial charge in [-0.15, -0.1) is 0 Å². The first-order chi connectivity index (χ1) is 10.4. The molecule has 0 saturated heterocycles. The van der Waals surface area contributed by atoms with Crippen molar-refractivity contribution in [3.63, 3.8) is 0 Å². The number of benzene rings is 2. The summed E-state index contributed by atoms with van der Waals surface area (Å²) in [5, 5.41) is 16.8. The van der Waals surface area contributed by atoms with Crippen molar-refractivity contribution in [1.29, 1.82) is 0 Å². The number of rotatable bonds is 3. The van der Waals surface area contributed by atoms with E-state index in [0.717, 1.165) is 18.2 Å². The van der Waals surface area contributed by atoms with Crippen molar-refractivity contribution in [2.75, 3.05) is 10.6 Å². The molecule has 0 saturated carbocycles. The van der Waals surface area contributed by atoms with Gasteiger partial charge in [0.2, 0.25) is 0 Å². The molecule has 9 heteroatoms. The van der Waals surface area contributed by atoms with Crippen LogP contribution >= 0.6 is 35.4 Å². The highest BCUT2D eigenvalue weighted by Gasteiger charge is 2.12. The van der Waals surface area contributed by atoms with E-state index in [-0.39, 0.29) is 16.5 Å². The number of nitrogens with one attached hydrogen (secondary N) is 2. The third-order valence-electron chi connectivity index (χ3n) is 2.59. The van der Waals surface area contributed by atoms with Crippen molar-refractivity contribution in [3.8, 4) is 0 Å². The summed E-state index contributed by atoms with van der Waals surface area (Å²) < 4.78 is 13.7. The van der Waals surface area contributed by atoms with Crippen molar-refractivity contribution < 1.29 is 9.31 Å². The van der Waals surface area contributed by atoms with Crippen LogP contribution in [-0.4, -0.2) is 10.0 Å². The Bertz CT molecular complexity index is 758. The lowest BCUT2D eigenvalue weighted by Gasteiger charge is -2.12. The Morgan fingerprint density at radius 2 is 1.82 bits per heavy atom. The van der Waals surface area contributed by atoms with Gasteiger partial charge in [0.05, 0.1) is 21.3 Å². The lowest BCUT2D eigenvalue weighted by Crippen LogP contribution is -2.20. The van der Waals surface area contributed by atoms with E-state index >= 15 is 0 Å². The molecule has 2 aromatic carbocycles. The molecule has 2 aromatic rings. The minimum atomic E-state index is -0.674. The van der Waals surface area contributed by atoms with E-state index in [1.807, 2.05) is 0 Å². The van der Waals surface area contributed by atoms with Gasteiger partial charge in [-0.25, -0.2) is 4.39 Å². The largest absolute Gasteiger partial charge is 0.331 e. The standard InChI is InChI=1S/C13H8Cl2FN3O2S/c14-7-1-3-9(15)11(5-7)17-13(22)18-12-6-8(19(20)21)2-4-10(12)16/h1-6H,(H2,17,18,22). The molecule has 5 nitrogen and oxygen atoms in total. The van der Waals surface area contributed by atoms with Crippen LogP contribution in [0.5, 0.6) is 0 Å². The smallest absolute Gasteiger partial charge is 0.271 e. The Morgan fingerprint density at radius 1 is 1.14 bits per heavy atom. The first-order valence-corrected chi connectivity index (χ1v) is 7.00. The number of hydrogen-bond donors (Lipinski definition) is 2. The highest BCUT2D eigenvalue weighted by atomic mass is 35.5. The van der Waals surface area contributed by atoms with Gasteiger partial charge in [-0.3, -0.25) is 10.1 Å². The van der Waals surface area contributed by atoms with Crippen LogP contribution < -0.4 is 10.6 Å². The van der Waals surface area contributed by atoms with Crippen molar-refractivity contribution in [2.24, 2.45) is 0 Å². The second-order valence-electron chi connectivity index (χ2n) is 4.12. The number of nitro groups is 1. The normalized spacial score (nSPS) is 10.1. The average Bonchev–Trinajstić information content (AvgIpc) is 2.45. The topological polar surface area (TPSA) is 67.2 Å². The minimum absolute atomic E-state index is 0.0172. The Hall–Kier alpha value is -1.96. The summed E-state index contributed by atoms with van der Waals surface area (Å²) in [7, 11) is 0. The Morgan fingerprint density at radius 3 is 2.50 bits per heavy atom. The Balaban J connectivity index is 2.17. The molecular weight excluding hydrogens is 352 g/mol. The highest BCUT2D eigenvalue weighted by Crippen LogP contribution is 2.26. The molecule has 0 unspecified atom stereocenters. The number of nitrogens with zero attached hydrogens (tertiary/aromatic N) is 1. The number of halogens is 3. The van der Waals surface area contributed by atoms with Gasteiger partial charge in [0.1, 0.15) is 5.82 Å². The maximum Gasteiger partial charge on any atom is 0.271 e. The maximum absolute atomic E-state index is 13.7. The van der Waals surface area contributed by atoms with Gasteiger partial charge in [-0.1, -0.05) is 23.2 Å². The maximum atomic E-state index is 13.7. The summed E-state index contributed by atoms with van der Waals surface area (Å²) in [5.74, 6) is -0.674. The summed E-state index contributed by atoms with van der Waals surface area (Å²) in [5.41, 5.74) is 0.0508. The Kier molecular flexibility index (Phi) is 5.12. The van der Waals surface area contributed by atoms with Crippen LogP contribution in [0.25, 0.3) is 0 Å². The number of anilines is 2. The van der Waals surface area contributed by atoms with Gasteiger partial charge in [0.15, 0.2) is 5.11 Å². The van der Waals surface area contributed by atoms with Crippen molar-refractivity contribution in [3.05, 3.63) is 62.4 Å². The van der Waals surface area contributed by atoms with Gasteiger partial charge in [-0.05, 0) is 36.5 Å². The molecule has 0 aliphatic carbocycles. The van der Waals surface area contributed by atoms with Crippen LogP contribution in [0.2, 0.25) is 10.0 Å². The van der Waals surface area contributed by atoms with Gasteiger partial charge < -0.3 is 10.6 Å². The van der Waals surface area contributed by atoms with Gasteiger partial charge in [0.25, 0.3) is 5.69 Å². The van der Waals surface area contributed by atoms with E-state index in [9.17, 15) is 14.5 Å². The van der Waals surface area contributed by atoms with Crippen LogP contribution in [0.1, 0.15) is 0 Å². The minimum Gasteiger partial charge on any atom is -0.331 e. The monoisotopic (exact) mass is 359 g/mol.